The zero-order chi connectivity index (χ0) is 21.5. The molecule has 7 nitrogen and oxygen atoms in total. The molecule has 0 bridgehead atoms. The lowest BCUT2D eigenvalue weighted by Gasteiger charge is -2.34. The second-order valence-electron chi connectivity index (χ2n) is 9.21. The van der Waals surface area contributed by atoms with Crippen LogP contribution in [-0.2, 0) is 24.6 Å². The number of anilines is 1. The minimum absolute atomic E-state index is 0.00492. The van der Waals surface area contributed by atoms with E-state index in [4.69, 9.17) is 4.74 Å². The standard InChI is InChI=1S/C22H30N4O3S/c1-22(2,3)14-5-6-15-17(13-14)30-20(24-19(27)16-7-8-23-25(16)4)18(15)21(28)26-9-11-29-12-10-26/h7-8,14H,5-6,9-13H2,1-4H3,(H,24,27)/t14-/m0/s1. The van der Waals surface area contributed by atoms with Crippen molar-refractivity contribution >= 4 is 28.2 Å². The van der Waals surface area contributed by atoms with Crippen LogP contribution < -0.4 is 5.32 Å². The van der Waals surface area contributed by atoms with Crippen molar-refractivity contribution in [2.45, 2.75) is 40.0 Å². The minimum Gasteiger partial charge on any atom is -0.378 e. The number of rotatable bonds is 3. The molecule has 2 aromatic rings. The highest BCUT2D eigenvalue weighted by Gasteiger charge is 2.35. The molecule has 162 valence electrons. The fourth-order valence-corrected chi connectivity index (χ4v) is 5.64. The Hall–Kier alpha value is -2.19. The molecule has 0 aromatic carbocycles. The Morgan fingerprint density at radius 1 is 1.27 bits per heavy atom. The predicted octanol–water partition coefficient (Wildman–Crippen LogP) is 3.36. The summed E-state index contributed by atoms with van der Waals surface area (Å²) in [4.78, 5) is 29.4. The second kappa shape index (κ2) is 8.15. The summed E-state index contributed by atoms with van der Waals surface area (Å²) in [5.41, 5.74) is 2.49. The van der Waals surface area contributed by atoms with Crippen LogP contribution in [0.3, 0.4) is 0 Å². The molecule has 0 spiro atoms. The third-order valence-electron chi connectivity index (χ3n) is 6.28. The van der Waals surface area contributed by atoms with Gasteiger partial charge in [0.2, 0.25) is 0 Å². The van der Waals surface area contributed by atoms with Crippen LogP contribution in [0.25, 0.3) is 0 Å². The second-order valence-corrected chi connectivity index (χ2v) is 10.3. The molecule has 1 fully saturated rings. The van der Waals surface area contributed by atoms with Crippen molar-refractivity contribution in [2.24, 2.45) is 18.4 Å². The molecule has 1 saturated heterocycles. The summed E-state index contributed by atoms with van der Waals surface area (Å²) in [6.45, 7) is 9.12. The fraction of sp³-hybridized carbons (Fsp3) is 0.591. The quantitative estimate of drug-likeness (QED) is 0.810. The van der Waals surface area contributed by atoms with Crippen LogP contribution in [0.5, 0.6) is 0 Å². The number of fused-ring (bicyclic) bond motifs is 1. The molecule has 4 rings (SSSR count). The Morgan fingerprint density at radius 3 is 2.63 bits per heavy atom. The van der Waals surface area contributed by atoms with Crippen LogP contribution >= 0.6 is 11.3 Å². The van der Waals surface area contributed by atoms with E-state index in [-0.39, 0.29) is 17.2 Å². The SMILES string of the molecule is Cn1nccc1C(=O)Nc1sc2c(c1C(=O)N1CCOCC1)CC[C@H](C(C)(C)C)C2. The van der Waals surface area contributed by atoms with E-state index < -0.39 is 0 Å². The molecule has 30 heavy (non-hydrogen) atoms. The molecule has 2 amide bonds. The van der Waals surface area contributed by atoms with Gasteiger partial charge in [0.15, 0.2) is 0 Å². The maximum atomic E-state index is 13.5. The number of hydrogen-bond acceptors (Lipinski definition) is 5. The maximum Gasteiger partial charge on any atom is 0.274 e. The molecular weight excluding hydrogens is 400 g/mol. The molecule has 1 atom stereocenters. The lowest BCUT2D eigenvalue weighted by Crippen LogP contribution is -2.41. The largest absolute Gasteiger partial charge is 0.378 e. The first-order chi connectivity index (χ1) is 14.3. The van der Waals surface area contributed by atoms with Crippen molar-refractivity contribution in [2.75, 3.05) is 31.6 Å². The Labute approximate surface area is 181 Å². The van der Waals surface area contributed by atoms with Crippen molar-refractivity contribution < 1.29 is 14.3 Å². The number of nitrogens with one attached hydrogen (secondary N) is 1. The van der Waals surface area contributed by atoms with Gasteiger partial charge in [0.25, 0.3) is 11.8 Å². The number of ether oxygens (including phenoxy) is 1. The summed E-state index contributed by atoms with van der Waals surface area (Å²) in [6.07, 6.45) is 4.49. The molecule has 2 aliphatic rings. The first-order valence-electron chi connectivity index (χ1n) is 10.6. The molecule has 8 heteroatoms. The van der Waals surface area contributed by atoms with Crippen molar-refractivity contribution in [1.29, 1.82) is 0 Å². The number of nitrogens with zero attached hydrogens (tertiary/aromatic N) is 3. The highest BCUT2D eigenvalue weighted by Crippen LogP contribution is 2.44. The molecule has 1 aliphatic carbocycles. The number of aryl methyl sites for hydroxylation is 1. The summed E-state index contributed by atoms with van der Waals surface area (Å²) < 4.78 is 6.96. The van der Waals surface area contributed by atoms with E-state index >= 15 is 0 Å². The molecule has 1 N–H and O–H groups in total. The van der Waals surface area contributed by atoms with Gasteiger partial charge >= 0.3 is 0 Å². The first kappa shape index (κ1) is 21.1. The number of hydrogen-bond donors (Lipinski definition) is 1. The number of carbonyl (C=O) groups excluding carboxylic acids is 2. The molecule has 0 radical (unpaired) electrons. The zero-order valence-corrected chi connectivity index (χ0v) is 19.0. The average molecular weight is 431 g/mol. The summed E-state index contributed by atoms with van der Waals surface area (Å²) >= 11 is 1.57. The molecule has 3 heterocycles. The van der Waals surface area contributed by atoms with Gasteiger partial charge < -0.3 is 15.0 Å². The van der Waals surface area contributed by atoms with Crippen LogP contribution in [0.4, 0.5) is 5.00 Å². The van der Waals surface area contributed by atoms with E-state index in [0.717, 1.165) is 24.8 Å². The molecule has 2 aromatic heterocycles. The van der Waals surface area contributed by atoms with E-state index in [1.54, 1.807) is 35.3 Å². The van der Waals surface area contributed by atoms with Crippen LogP contribution in [0, 0.1) is 11.3 Å². The minimum atomic E-state index is -0.239. The Morgan fingerprint density at radius 2 is 2.00 bits per heavy atom. The van der Waals surface area contributed by atoms with Crippen molar-refractivity contribution in [3.8, 4) is 0 Å². The van der Waals surface area contributed by atoms with E-state index in [1.807, 2.05) is 4.90 Å². The zero-order valence-electron chi connectivity index (χ0n) is 18.2. The van der Waals surface area contributed by atoms with Gasteiger partial charge in [-0.2, -0.15) is 5.10 Å². The van der Waals surface area contributed by atoms with E-state index in [9.17, 15) is 9.59 Å². The highest BCUT2D eigenvalue weighted by molar-refractivity contribution is 7.17. The number of aromatic nitrogens is 2. The summed E-state index contributed by atoms with van der Waals surface area (Å²) in [7, 11) is 1.74. The van der Waals surface area contributed by atoms with Gasteiger partial charge in [-0.3, -0.25) is 14.3 Å². The number of amides is 2. The van der Waals surface area contributed by atoms with Crippen molar-refractivity contribution in [3.63, 3.8) is 0 Å². The van der Waals surface area contributed by atoms with E-state index in [2.05, 4.69) is 31.2 Å². The normalized spacial score (nSPS) is 19.5. The van der Waals surface area contributed by atoms with Crippen LogP contribution in [-0.4, -0.2) is 52.8 Å². The smallest absolute Gasteiger partial charge is 0.274 e. The third kappa shape index (κ3) is 4.03. The van der Waals surface area contributed by atoms with Gasteiger partial charge in [-0.1, -0.05) is 20.8 Å². The van der Waals surface area contributed by atoms with Gasteiger partial charge in [0.05, 0.1) is 18.8 Å². The molecule has 0 unspecified atom stereocenters. The molecule has 1 aliphatic heterocycles. The van der Waals surface area contributed by atoms with Gasteiger partial charge in [-0.15, -0.1) is 11.3 Å². The average Bonchev–Trinajstić information content (AvgIpc) is 3.29. The van der Waals surface area contributed by atoms with Gasteiger partial charge in [0.1, 0.15) is 10.7 Å². The van der Waals surface area contributed by atoms with Gasteiger partial charge in [-0.25, -0.2) is 0 Å². The van der Waals surface area contributed by atoms with E-state index in [0.29, 0.717) is 48.5 Å². The van der Waals surface area contributed by atoms with Crippen molar-refractivity contribution in [3.05, 3.63) is 34.0 Å². The summed E-state index contributed by atoms with van der Waals surface area (Å²) in [5.74, 6) is 0.331. The maximum absolute atomic E-state index is 13.5. The van der Waals surface area contributed by atoms with Crippen molar-refractivity contribution in [1.82, 2.24) is 14.7 Å². The third-order valence-corrected chi connectivity index (χ3v) is 7.45. The van der Waals surface area contributed by atoms with Crippen LogP contribution in [0.2, 0.25) is 0 Å². The monoisotopic (exact) mass is 430 g/mol. The van der Waals surface area contributed by atoms with Crippen LogP contribution in [0.1, 0.15) is 58.5 Å². The van der Waals surface area contributed by atoms with Gasteiger partial charge in [-0.05, 0) is 42.2 Å². The summed E-state index contributed by atoms with van der Waals surface area (Å²) in [6, 6.07) is 1.68. The van der Waals surface area contributed by atoms with Gasteiger partial charge in [0, 0.05) is 31.2 Å². The predicted molar refractivity (Wildman–Crippen MR) is 117 cm³/mol. The fourth-order valence-electron chi connectivity index (χ4n) is 4.33. The number of morpholine rings is 1. The molecule has 0 saturated carbocycles. The number of carbonyl (C=O) groups is 2. The Bertz CT molecular complexity index is 950. The van der Waals surface area contributed by atoms with Crippen LogP contribution in [0.15, 0.2) is 12.3 Å². The Balaban J connectivity index is 1.69. The lowest BCUT2D eigenvalue weighted by molar-refractivity contribution is 0.0303. The van der Waals surface area contributed by atoms with E-state index in [1.165, 1.54) is 4.88 Å². The topological polar surface area (TPSA) is 76.5 Å². The Kier molecular flexibility index (Phi) is 5.72. The number of thiophene rings is 1. The highest BCUT2D eigenvalue weighted by atomic mass is 32.1. The first-order valence-corrected chi connectivity index (χ1v) is 11.4. The molecular formula is C22H30N4O3S. The summed E-state index contributed by atoms with van der Waals surface area (Å²) in [5, 5.41) is 7.77. The lowest BCUT2D eigenvalue weighted by atomic mass is 9.72.